The van der Waals surface area contributed by atoms with E-state index in [1.165, 1.54) is 6.20 Å². The van der Waals surface area contributed by atoms with Crippen LogP contribution in [0.25, 0.3) is 12.3 Å². The highest BCUT2D eigenvalue weighted by Crippen LogP contribution is 2.30. The average molecular weight is 361 g/mol. The first-order valence-corrected chi connectivity index (χ1v) is 8.60. The minimum atomic E-state index is -0.0382. The summed E-state index contributed by atoms with van der Waals surface area (Å²) in [5, 5.41) is 0. The lowest BCUT2D eigenvalue weighted by Crippen LogP contribution is -2.12. The van der Waals surface area contributed by atoms with Gasteiger partial charge in [0.25, 0.3) is 0 Å². The van der Waals surface area contributed by atoms with E-state index in [0.29, 0.717) is 0 Å². The SMILES string of the molecule is C=CC1(C=CN)C=CC=CC1.C=Cn1ccnc1.NC=Cc1ccccc1. The summed E-state index contributed by atoms with van der Waals surface area (Å²) in [5.41, 5.74) is 11.6. The predicted molar refractivity (Wildman–Crippen MR) is 117 cm³/mol. The van der Waals surface area contributed by atoms with Crippen LogP contribution in [0.3, 0.4) is 0 Å². The molecule has 0 aliphatic heterocycles. The van der Waals surface area contributed by atoms with Crippen LogP contribution in [-0.2, 0) is 0 Å². The molecular formula is C23H28N4. The van der Waals surface area contributed by atoms with Gasteiger partial charge >= 0.3 is 0 Å². The minimum Gasteiger partial charge on any atom is -0.405 e. The number of aromatic nitrogens is 2. The Hall–Kier alpha value is -3.53. The van der Waals surface area contributed by atoms with Crippen LogP contribution < -0.4 is 11.5 Å². The van der Waals surface area contributed by atoms with E-state index in [0.717, 1.165) is 12.0 Å². The number of allylic oxidation sites excluding steroid dienone is 6. The maximum absolute atomic E-state index is 5.33. The molecule has 1 aromatic carbocycles. The van der Waals surface area contributed by atoms with E-state index in [4.69, 9.17) is 11.5 Å². The Balaban J connectivity index is 0.000000208. The topological polar surface area (TPSA) is 69.9 Å². The van der Waals surface area contributed by atoms with E-state index in [2.05, 4.69) is 30.3 Å². The van der Waals surface area contributed by atoms with E-state index in [9.17, 15) is 0 Å². The van der Waals surface area contributed by atoms with Gasteiger partial charge in [-0.3, -0.25) is 0 Å². The van der Waals surface area contributed by atoms with Crippen molar-refractivity contribution in [3.05, 3.63) is 117 Å². The number of hydrogen-bond acceptors (Lipinski definition) is 3. The average Bonchev–Trinajstić information content (AvgIpc) is 3.25. The molecule has 0 saturated heterocycles. The summed E-state index contributed by atoms with van der Waals surface area (Å²) in [6, 6.07) is 9.95. The van der Waals surface area contributed by atoms with Gasteiger partial charge in [-0.2, -0.15) is 0 Å². The third-order valence-corrected chi connectivity index (χ3v) is 3.74. The van der Waals surface area contributed by atoms with E-state index in [1.807, 2.05) is 66.9 Å². The van der Waals surface area contributed by atoms with Crippen molar-refractivity contribution in [2.45, 2.75) is 6.42 Å². The normalized spacial score (nSPS) is 17.6. The zero-order valence-electron chi connectivity index (χ0n) is 15.6. The molecule has 1 aromatic heterocycles. The third-order valence-electron chi connectivity index (χ3n) is 3.74. The van der Waals surface area contributed by atoms with Gasteiger partial charge in [0.1, 0.15) is 0 Å². The molecule has 140 valence electrons. The van der Waals surface area contributed by atoms with Crippen molar-refractivity contribution in [3.8, 4) is 0 Å². The monoisotopic (exact) mass is 360 g/mol. The molecule has 1 aliphatic carbocycles. The maximum atomic E-state index is 5.33. The van der Waals surface area contributed by atoms with Crippen LogP contribution >= 0.6 is 0 Å². The Morgan fingerprint density at radius 3 is 2.30 bits per heavy atom. The molecule has 3 rings (SSSR count). The first-order chi connectivity index (χ1) is 13.2. The molecule has 0 radical (unpaired) electrons. The van der Waals surface area contributed by atoms with E-state index < -0.39 is 0 Å². The van der Waals surface area contributed by atoms with E-state index >= 15 is 0 Å². The highest BCUT2D eigenvalue weighted by molar-refractivity contribution is 5.47. The highest BCUT2D eigenvalue weighted by atomic mass is 15.0. The van der Waals surface area contributed by atoms with Gasteiger partial charge in [-0.05, 0) is 30.5 Å². The molecule has 1 aliphatic rings. The van der Waals surface area contributed by atoms with Crippen LogP contribution in [-0.4, -0.2) is 9.55 Å². The van der Waals surface area contributed by atoms with Gasteiger partial charge in [0.2, 0.25) is 0 Å². The minimum absolute atomic E-state index is 0.0382. The Bertz CT molecular complexity index is 768. The van der Waals surface area contributed by atoms with Gasteiger partial charge < -0.3 is 16.0 Å². The fraction of sp³-hybridized carbons (Fsp3) is 0.0870. The van der Waals surface area contributed by atoms with Gasteiger partial charge in [-0.15, -0.1) is 6.58 Å². The molecule has 0 fully saturated rings. The second-order valence-corrected chi connectivity index (χ2v) is 5.63. The molecular weight excluding hydrogens is 332 g/mol. The van der Waals surface area contributed by atoms with Crippen molar-refractivity contribution in [3.63, 3.8) is 0 Å². The summed E-state index contributed by atoms with van der Waals surface area (Å²) in [7, 11) is 0. The van der Waals surface area contributed by atoms with Crippen molar-refractivity contribution < 1.29 is 0 Å². The zero-order valence-corrected chi connectivity index (χ0v) is 15.6. The largest absolute Gasteiger partial charge is 0.405 e. The fourth-order valence-electron chi connectivity index (χ4n) is 2.23. The fourth-order valence-corrected chi connectivity index (χ4v) is 2.23. The summed E-state index contributed by atoms with van der Waals surface area (Å²) < 4.78 is 1.78. The molecule has 0 spiro atoms. The number of rotatable bonds is 4. The van der Waals surface area contributed by atoms with Crippen molar-refractivity contribution in [2.75, 3.05) is 0 Å². The van der Waals surface area contributed by atoms with Crippen LogP contribution in [0.4, 0.5) is 0 Å². The van der Waals surface area contributed by atoms with E-state index in [1.54, 1.807) is 29.5 Å². The maximum Gasteiger partial charge on any atom is 0.0986 e. The van der Waals surface area contributed by atoms with Gasteiger partial charge in [0, 0.05) is 24.0 Å². The summed E-state index contributed by atoms with van der Waals surface area (Å²) in [5.74, 6) is 0. The third kappa shape index (κ3) is 8.40. The molecule has 0 amide bonds. The van der Waals surface area contributed by atoms with Crippen molar-refractivity contribution in [1.82, 2.24) is 9.55 Å². The number of nitrogens with two attached hydrogens (primary N) is 2. The van der Waals surface area contributed by atoms with Gasteiger partial charge in [-0.1, -0.05) is 73.4 Å². The molecule has 4 nitrogen and oxygen atoms in total. The van der Waals surface area contributed by atoms with Crippen molar-refractivity contribution in [1.29, 1.82) is 0 Å². The highest BCUT2D eigenvalue weighted by Gasteiger charge is 2.18. The smallest absolute Gasteiger partial charge is 0.0986 e. The van der Waals surface area contributed by atoms with Crippen molar-refractivity contribution in [2.24, 2.45) is 16.9 Å². The van der Waals surface area contributed by atoms with Gasteiger partial charge in [-0.25, -0.2) is 4.98 Å². The summed E-state index contributed by atoms with van der Waals surface area (Å²) in [4.78, 5) is 3.78. The van der Waals surface area contributed by atoms with E-state index in [-0.39, 0.29) is 5.41 Å². The van der Waals surface area contributed by atoms with Crippen LogP contribution in [0.1, 0.15) is 12.0 Å². The summed E-state index contributed by atoms with van der Waals surface area (Å²) >= 11 is 0. The lowest BCUT2D eigenvalue weighted by atomic mass is 9.82. The first-order valence-electron chi connectivity index (χ1n) is 8.60. The lowest BCUT2D eigenvalue weighted by molar-refractivity contribution is 0.635. The van der Waals surface area contributed by atoms with Gasteiger partial charge in [0.15, 0.2) is 0 Å². The molecule has 2 aromatic rings. The number of hydrogen-bond donors (Lipinski definition) is 2. The van der Waals surface area contributed by atoms with Crippen LogP contribution in [0.15, 0.2) is 111 Å². The predicted octanol–water partition coefficient (Wildman–Crippen LogP) is 4.75. The molecule has 4 heteroatoms. The van der Waals surface area contributed by atoms with Crippen LogP contribution in [0.5, 0.6) is 0 Å². The number of nitrogens with zero attached hydrogens (tertiary/aromatic N) is 2. The summed E-state index contributed by atoms with van der Waals surface area (Å²) in [6.45, 7) is 7.31. The molecule has 1 atom stereocenters. The molecule has 0 saturated carbocycles. The Kier molecular flexibility index (Phi) is 10.2. The number of benzene rings is 1. The Morgan fingerprint density at radius 2 is 1.85 bits per heavy atom. The van der Waals surface area contributed by atoms with Crippen molar-refractivity contribution >= 4 is 12.3 Å². The second-order valence-electron chi connectivity index (χ2n) is 5.63. The molecule has 4 N–H and O–H groups in total. The summed E-state index contributed by atoms with van der Waals surface area (Å²) in [6.07, 6.45) is 25.0. The van der Waals surface area contributed by atoms with Crippen LogP contribution in [0, 0.1) is 5.41 Å². The molecule has 0 bridgehead atoms. The number of imidazole rings is 1. The molecule has 1 heterocycles. The standard InChI is InChI=1S/C10H13N.C8H9N.C5H6N2/c1-2-10(8-9-11)6-4-3-5-7-10;9-7-6-8-4-2-1-3-5-8;1-2-7-4-3-6-5-7/h2-6,8-9H,1,7,11H2;1-7H,9H2;2-5H,1H2. The second kappa shape index (κ2) is 12.8. The Morgan fingerprint density at radius 1 is 1.07 bits per heavy atom. The molecule has 1 unspecified atom stereocenters. The van der Waals surface area contributed by atoms with Gasteiger partial charge in [0.05, 0.1) is 6.33 Å². The lowest BCUT2D eigenvalue weighted by Gasteiger charge is -2.22. The van der Waals surface area contributed by atoms with Crippen LogP contribution in [0.2, 0.25) is 0 Å². The quantitative estimate of drug-likeness (QED) is 0.773. The Labute approximate surface area is 162 Å². The zero-order chi connectivity index (χ0) is 19.8. The first kappa shape index (κ1) is 21.5. The molecule has 27 heavy (non-hydrogen) atoms.